The van der Waals surface area contributed by atoms with Gasteiger partial charge in [0, 0.05) is 72.3 Å². The molecule has 2 aromatic carbocycles. The number of ketones is 2. The lowest BCUT2D eigenvalue weighted by Gasteiger charge is -2.49. The molecule has 6 rings (SSSR count). The average molecular weight is 755 g/mol. The largest absolute Gasteiger partial charge is 0.383 e. The maximum Gasteiger partial charge on any atom is 0.243 e. The van der Waals surface area contributed by atoms with Crippen LogP contribution in [-0.2, 0) is 29.6 Å². The summed E-state index contributed by atoms with van der Waals surface area (Å²) < 4.78 is 56.2. The Labute approximate surface area is 302 Å². The standard InChI is InChI=1S/C19H25ClN2O3S.C16H20ClNO3S.CH4/c1-4-15-17-6-5-7-18(16(19(15)23)12-21(2)3)22(17)26(24,25)14-10-8-13(20)9-11-14;1-2-14-15-5-3-4-12(10-16(14)19)18(15)22(20,21)13-8-6-11(17)7-9-13;/h8-12,15,17-18H,4-7H2,1-3H3;6-9,12,14-15H,2-5,10H2,1H3;1H4/b16-12-;;. The number of halogens is 2. The molecule has 0 spiro atoms. The maximum absolute atomic E-state index is 13.4. The van der Waals surface area contributed by atoms with Crippen molar-refractivity contribution in [2.24, 2.45) is 11.8 Å². The number of nitrogens with zero attached hydrogens (tertiary/aromatic N) is 3. The summed E-state index contributed by atoms with van der Waals surface area (Å²) in [5.74, 6) is -0.142. The van der Waals surface area contributed by atoms with Crippen molar-refractivity contribution in [2.75, 3.05) is 14.1 Å². The van der Waals surface area contributed by atoms with Gasteiger partial charge in [-0.15, -0.1) is 0 Å². The van der Waals surface area contributed by atoms with Crippen LogP contribution in [-0.4, -0.2) is 80.2 Å². The second-order valence-electron chi connectivity index (χ2n) is 13.4. The first-order chi connectivity index (χ1) is 22.7. The van der Waals surface area contributed by atoms with Crippen LogP contribution in [0.25, 0.3) is 0 Å². The summed E-state index contributed by atoms with van der Waals surface area (Å²) in [4.78, 5) is 27.6. The second-order valence-corrected chi connectivity index (χ2v) is 17.9. The fourth-order valence-corrected chi connectivity index (χ4v) is 12.1. The third-order valence-corrected chi connectivity index (χ3v) is 14.6. The Morgan fingerprint density at radius 1 is 0.735 bits per heavy atom. The smallest absolute Gasteiger partial charge is 0.243 e. The van der Waals surface area contributed by atoms with Crippen molar-refractivity contribution in [3.63, 3.8) is 0 Å². The Kier molecular flexibility index (Phi) is 12.9. The molecule has 0 radical (unpaired) electrons. The van der Waals surface area contributed by atoms with Gasteiger partial charge < -0.3 is 4.90 Å². The van der Waals surface area contributed by atoms with Crippen LogP contribution < -0.4 is 0 Å². The van der Waals surface area contributed by atoms with E-state index in [0.29, 0.717) is 41.3 Å². The Hall–Kier alpha value is -2.28. The van der Waals surface area contributed by atoms with Gasteiger partial charge in [-0.2, -0.15) is 8.61 Å². The SMILES string of the molecule is C.CCC1C(=O)/C(=C\N(C)C)C2CCCC1N2S(=O)(=O)c1ccc(Cl)cc1.CCC1C(=O)CC2CCCC1N2S(=O)(=O)c1ccc(Cl)cc1. The molecule has 6 unspecified atom stereocenters. The average Bonchev–Trinajstić information content (AvgIpc) is 3.04. The molecule has 13 heteroatoms. The van der Waals surface area contributed by atoms with Gasteiger partial charge in [0.25, 0.3) is 0 Å². The number of carbonyl (C=O) groups is 2. The Morgan fingerprint density at radius 2 is 1.20 bits per heavy atom. The third-order valence-electron chi connectivity index (χ3n) is 10.2. The minimum Gasteiger partial charge on any atom is -0.383 e. The van der Waals surface area contributed by atoms with Gasteiger partial charge in [0.2, 0.25) is 20.0 Å². The van der Waals surface area contributed by atoms with E-state index >= 15 is 0 Å². The summed E-state index contributed by atoms with van der Waals surface area (Å²) in [5, 5.41) is 1.01. The van der Waals surface area contributed by atoms with Crippen molar-refractivity contribution >= 4 is 54.8 Å². The van der Waals surface area contributed by atoms with E-state index < -0.39 is 26.1 Å². The van der Waals surface area contributed by atoms with Crippen LogP contribution in [0.2, 0.25) is 10.0 Å². The molecule has 2 aromatic rings. The first-order valence-electron chi connectivity index (χ1n) is 16.8. The number of piperidine rings is 4. The van der Waals surface area contributed by atoms with Crippen LogP contribution in [0, 0.1) is 11.8 Å². The molecular formula is C36H49Cl2N3O6S2. The van der Waals surface area contributed by atoms with Crippen molar-refractivity contribution < 1.29 is 26.4 Å². The lowest BCUT2D eigenvalue weighted by Crippen LogP contribution is -2.60. The van der Waals surface area contributed by atoms with Gasteiger partial charge in [-0.3, -0.25) is 9.59 Å². The van der Waals surface area contributed by atoms with Crippen molar-refractivity contribution in [1.82, 2.24) is 13.5 Å². The molecular weight excluding hydrogens is 705 g/mol. The van der Waals surface area contributed by atoms with E-state index in [0.717, 1.165) is 32.1 Å². The van der Waals surface area contributed by atoms with Gasteiger partial charge in [-0.1, -0.05) is 50.9 Å². The second kappa shape index (κ2) is 15.9. The molecule has 0 aromatic heterocycles. The molecule has 4 saturated heterocycles. The van der Waals surface area contributed by atoms with Crippen LogP contribution in [0.4, 0.5) is 0 Å². The number of rotatable bonds is 7. The molecule has 4 bridgehead atoms. The molecule has 4 aliphatic heterocycles. The quantitative estimate of drug-likeness (QED) is 0.275. The number of hydrogen-bond acceptors (Lipinski definition) is 7. The van der Waals surface area contributed by atoms with Crippen LogP contribution in [0.1, 0.15) is 79.1 Å². The number of sulfonamides is 2. The summed E-state index contributed by atoms with van der Waals surface area (Å²) in [6, 6.07) is 11.5. The van der Waals surface area contributed by atoms with E-state index in [1.54, 1.807) is 63.3 Å². The number of fused-ring (bicyclic) bond motifs is 4. The van der Waals surface area contributed by atoms with Crippen LogP contribution in [0.5, 0.6) is 0 Å². The highest BCUT2D eigenvalue weighted by atomic mass is 35.5. The van der Waals surface area contributed by atoms with Gasteiger partial charge in [-0.05, 0) is 93.5 Å². The lowest BCUT2D eigenvalue weighted by atomic mass is 9.75. The molecule has 0 aliphatic carbocycles. The van der Waals surface area contributed by atoms with Crippen LogP contribution in [0.3, 0.4) is 0 Å². The van der Waals surface area contributed by atoms with Crippen molar-refractivity contribution in [2.45, 2.75) is 113 Å². The van der Waals surface area contributed by atoms with Gasteiger partial charge in [-0.25, -0.2) is 16.8 Å². The predicted octanol–water partition coefficient (Wildman–Crippen LogP) is 7.19. The zero-order valence-electron chi connectivity index (χ0n) is 27.9. The minimum absolute atomic E-state index is 0. The minimum atomic E-state index is -3.71. The number of Topliss-reactive ketones (excluding diaryl/α,β-unsaturated/α-hetero) is 2. The lowest BCUT2D eigenvalue weighted by molar-refractivity contribution is -0.130. The van der Waals surface area contributed by atoms with Gasteiger partial charge >= 0.3 is 0 Å². The molecule has 9 nitrogen and oxygen atoms in total. The Morgan fingerprint density at radius 3 is 1.69 bits per heavy atom. The van der Waals surface area contributed by atoms with E-state index in [1.165, 1.54) is 0 Å². The fraction of sp³-hybridized carbons (Fsp3) is 0.556. The van der Waals surface area contributed by atoms with E-state index in [1.807, 2.05) is 32.8 Å². The first-order valence-corrected chi connectivity index (χ1v) is 20.4. The van der Waals surface area contributed by atoms with Gasteiger partial charge in [0.05, 0.1) is 15.8 Å². The molecule has 4 heterocycles. The van der Waals surface area contributed by atoms with E-state index in [2.05, 4.69) is 0 Å². The molecule has 0 N–H and O–H groups in total. The van der Waals surface area contributed by atoms with Crippen LogP contribution >= 0.6 is 23.2 Å². The highest BCUT2D eigenvalue weighted by Crippen LogP contribution is 2.43. The highest BCUT2D eigenvalue weighted by molar-refractivity contribution is 7.89. The zero-order chi connectivity index (χ0) is 35.0. The van der Waals surface area contributed by atoms with Gasteiger partial charge in [0.15, 0.2) is 5.78 Å². The molecule has 49 heavy (non-hydrogen) atoms. The molecule has 6 atom stereocenters. The number of benzene rings is 2. The molecule has 4 fully saturated rings. The maximum atomic E-state index is 13.4. The summed E-state index contributed by atoms with van der Waals surface area (Å²) >= 11 is 11.8. The normalized spacial score (nSPS) is 28.3. The Bertz CT molecular complexity index is 1750. The number of hydrogen-bond donors (Lipinski definition) is 0. The van der Waals surface area contributed by atoms with Crippen LogP contribution in [0.15, 0.2) is 70.1 Å². The monoisotopic (exact) mass is 753 g/mol. The van der Waals surface area contributed by atoms with E-state index in [9.17, 15) is 26.4 Å². The fourth-order valence-electron chi connectivity index (χ4n) is 8.05. The highest BCUT2D eigenvalue weighted by Gasteiger charge is 2.52. The molecule has 270 valence electrons. The summed E-state index contributed by atoms with van der Waals surface area (Å²) in [7, 11) is -3.58. The molecule has 0 saturated carbocycles. The zero-order valence-corrected chi connectivity index (χ0v) is 31.0. The van der Waals surface area contributed by atoms with Crippen molar-refractivity contribution in [3.8, 4) is 0 Å². The van der Waals surface area contributed by atoms with Gasteiger partial charge in [0.1, 0.15) is 5.78 Å². The number of carbonyl (C=O) groups excluding carboxylic acids is 2. The summed E-state index contributed by atoms with van der Waals surface area (Å²) in [5.41, 5.74) is 0.607. The van der Waals surface area contributed by atoms with Crippen molar-refractivity contribution in [1.29, 1.82) is 0 Å². The Balaban J connectivity index is 0.000000219. The summed E-state index contributed by atoms with van der Waals surface area (Å²) in [6.45, 7) is 3.92. The van der Waals surface area contributed by atoms with E-state index in [-0.39, 0.29) is 58.7 Å². The first kappa shape index (κ1) is 39.5. The van der Waals surface area contributed by atoms with Crippen molar-refractivity contribution in [3.05, 3.63) is 70.3 Å². The third kappa shape index (κ3) is 7.82. The van der Waals surface area contributed by atoms with E-state index in [4.69, 9.17) is 23.2 Å². The topological polar surface area (TPSA) is 112 Å². The molecule has 4 aliphatic rings. The molecule has 0 amide bonds. The predicted molar refractivity (Wildman–Crippen MR) is 195 cm³/mol. The summed E-state index contributed by atoms with van der Waals surface area (Å²) in [6.07, 6.45) is 8.33.